The van der Waals surface area contributed by atoms with Gasteiger partial charge in [0.1, 0.15) is 0 Å². The van der Waals surface area contributed by atoms with Crippen molar-refractivity contribution in [3.8, 4) is 0 Å². The lowest BCUT2D eigenvalue weighted by atomic mass is 10.0. The predicted molar refractivity (Wildman–Crippen MR) is 79.4 cm³/mol. The minimum atomic E-state index is -3.55. The Balaban J connectivity index is 2.09. The highest BCUT2D eigenvalue weighted by atomic mass is 32.2. The van der Waals surface area contributed by atoms with Crippen LogP contribution in [0.2, 0.25) is 0 Å². The molecule has 1 aliphatic rings. The summed E-state index contributed by atoms with van der Waals surface area (Å²) in [5, 5.41) is 3.13. The van der Waals surface area contributed by atoms with Crippen LogP contribution in [0, 0.1) is 11.6 Å². The van der Waals surface area contributed by atoms with Gasteiger partial charge in [-0.2, -0.15) is 0 Å². The molecule has 1 heterocycles. The van der Waals surface area contributed by atoms with Crippen molar-refractivity contribution in [3.63, 3.8) is 0 Å². The Morgan fingerprint density at radius 1 is 1.41 bits per heavy atom. The highest BCUT2D eigenvalue weighted by Crippen LogP contribution is 2.33. The number of fused-ring (bicyclic) bond motifs is 1. The van der Waals surface area contributed by atoms with E-state index in [1.165, 1.54) is 0 Å². The van der Waals surface area contributed by atoms with E-state index < -0.39 is 21.5 Å². The molecule has 22 heavy (non-hydrogen) atoms. The average Bonchev–Trinajstić information content (AvgIpc) is 2.43. The highest BCUT2D eigenvalue weighted by molar-refractivity contribution is 7.91. The van der Waals surface area contributed by atoms with Crippen LogP contribution in [0.3, 0.4) is 0 Å². The van der Waals surface area contributed by atoms with E-state index in [0.29, 0.717) is 26.2 Å². The normalized spacial score (nSPS) is 19.7. The summed E-state index contributed by atoms with van der Waals surface area (Å²) < 4.78 is 56.1. The first kappa shape index (κ1) is 17.1. The molecule has 0 spiro atoms. The average molecular weight is 331 g/mol. The lowest BCUT2D eigenvalue weighted by Gasteiger charge is -2.26. The molecule has 122 valence electrons. The van der Waals surface area contributed by atoms with Crippen molar-refractivity contribution in [1.29, 1.82) is 0 Å². The maximum absolute atomic E-state index is 13.4. The van der Waals surface area contributed by atoms with Gasteiger partial charge in [0.2, 0.25) is 0 Å². The molecule has 0 unspecified atom stereocenters. The minimum absolute atomic E-state index is 0.0879. The number of rotatable bonds is 6. The summed E-state index contributed by atoms with van der Waals surface area (Å²) in [6, 6.07) is 1.40. The Morgan fingerprint density at radius 2 is 2.09 bits per heavy atom. The molecule has 0 saturated carbocycles. The summed E-state index contributed by atoms with van der Waals surface area (Å²) in [6.07, 6.45) is 0.320. The van der Waals surface area contributed by atoms with Gasteiger partial charge in [0, 0.05) is 12.6 Å². The molecule has 0 aliphatic carbocycles. The van der Waals surface area contributed by atoms with Crippen LogP contribution in [0.15, 0.2) is 29.2 Å². The number of nitrogens with one attached hydrogen (secondary N) is 1. The fourth-order valence-corrected chi connectivity index (χ4v) is 4.00. The number of halogens is 2. The van der Waals surface area contributed by atoms with Crippen LogP contribution < -0.4 is 5.32 Å². The molecule has 1 aromatic rings. The largest absolute Gasteiger partial charge is 0.376 e. The van der Waals surface area contributed by atoms with E-state index in [0.717, 1.165) is 17.7 Å². The molecule has 0 saturated heterocycles. The van der Waals surface area contributed by atoms with Gasteiger partial charge in [0.15, 0.2) is 21.5 Å². The van der Waals surface area contributed by atoms with Crippen LogP contribution in [0.4, 0.5) is 8.78 Å². The molecule has 0 radical (unpaired) electrons. The van der Waals surface area contributed by atoms with Crippen LogP contribution in [0.25, 0.3) is 0 Å². The second-order valence-corrected chi connectivity index (χ2v) is 7.51. The Hall–Kier alpha value is -1.31. The van der Waals surface area contributed by atoms with E-state index in [1.807, 2.05) is 6.92 Å². The smallest absolute Gasteiger partial charge is 0.178 e. The number of hydrogen-bond acceptors (Lipinski definition) is 4. The quantitative estimate of drug-likeness (QED) is 0.494. The lowest BCUT2D eigenvalue weighted by molar-refractivity contribution is 0.155. The molecule has 0 amide bonds. The summed E-state index contributed by atoms with van der Waals surface area (Å²) in [5.41, 5.74) is 1.19. The molecule has 2 rings (SSSR count). The van der Waals surface area contributed by atoms with E-state index in [4.69, 9.17) is 4.74 Å². The monoisotopic (exact) mass is 331 g/mol. The number of ether oxygens (including phenoxy) is 1. The van der Waals surface area contributed by atoms with Crippen molar-refractivity contribution in [2.75, 3.05) is 25.5 Å². The minimum Gasteiger partial charge on any atom is -0.376 e. The number of sulfone groups is 1. The van der Waals surface area contributed by atoms with E-state index in [9.17, 15) is 17.2 Å². The summed E-state index contributed by atoms with van der Waals surface area (Å²) in [4.78, 5) is -0.127. The van der Waals surface area contributed by atoms with Crippen LogP contribution in [-0.4, -0.2) is 33.9 Å². The molecule has 1 aliphatic heterocycles. The lowest BCUT2D eigenvalue weighted by Crippen LogP contribution is -2.32. The third kappa shape index (κ3) is 3.91. The second kappa shape index (κ2) is 6.85. The van der Waals surface area contributed by atoms with Crippen molar-refractivity contribution in [2.24, 2.45) is 0 Å². The highest BCUT2D eigenvalue weighted by Gasteiger charge is 2.31. The second-order valence-electron chi connectivity index (χ2n) is 5.43. The van der Waals surface area contributed by atoms with Crippen molar-refractivity contribution in [2.45, 2.75) is 24.3 Å². The Morgan fingerprint density at radius 3 is 2.77 bits per heavy atom. The van der Waals surface area contributed by atoms with Gasteiger partial charge in [-0.15, -0.1) is 0 Å². The van der Waals surface area contributed by atoms with E-state index in [1.54, 1.807) is 0 Å². The summed E-state index contributed by atoms with van der Waals surface area (Å²) in [6.45, 7) is 6.93. The zero-order valence-corrected chi connectivity index (χ0v) is 13.2. The maximum Gasteiger partial charge on any atom is 0.178 e. The number of benzene rings is 1. The first-order valence-electron chi connectivity index (χ1n) is 6.98. The van der Waals surface area contributed by atoms with Gasteiger partial charge in [-0.1, -0.05) is 12.2 Å². The van der Waals surface area contributed by atoms with Gasteiger partial charge in [0.25, 0.3) is 0 Å². The van der Waals surface area contributed by atoms with Crippen molar-refractivity contribution < 1.29 is 21.9 Å². The van der Waals surface area contributed by atoms with Crippen molar-refractivity contribution in [3.05, 3.63) is 41.5 Å². The third-order valence-electron chi connectivity index (χ3n) is 3.42. The molecule has 4 nitrogen and oxygen atoms in total. The molecule has 1 N–H and O–H groups in total. The maximum atomic E-state index is 13.4. The third-order valence-corrected chi connectivity index (χ3v) is 5.22. The van der Waals surface area contributed by atoms with Crippen molar-refractivity contribution in [1.82, 2.24) is 5.32 Å². The molecular weight excluding hydrogens is 312 g/mol. The van der Waals surface area contributed by atoms with E-state index in [-0.39, 0.29) is 22.3 Å². The molecule has 0 aromatic heterocycles. The SMILES string of the molecule is C=C(C)COCCN[C@H]1CCS(=O)(=O)c2cc(F)c(F)cc21. The molecule has 0 fully saturated rings. The van der Waals surface area contributed by atoms with Crippen LogP contribution in [-0.2, 0) is 14.6 Å². The van der Waals surface area contributed by atoms with E-state index in [2.05, 4.69) is 11.9 Å². The van der Waals surface area contributed by atoms with Gasteiger partial charge in [0.05, 0.1) is 23.9 Å². The van der Waals surface area contributed by atoms with Gasteiger partial charge in [-0.05, 0) is 31.0 Å². The summed E-state index contributed by atoms with van der Waals surface area (Å²) in [5.74, 6) is -2.27. The zero-order valence-electron chi connectivity index (χ0n) is 12.4. The first-order chi connectivity index (χ1) is 10.3. The Bertz CT molecular complexity index is 674. The fraction of sp³-hybridized carbons (Fsp3) is 0.467. The van der Waals surface area contributed by atoms with E-state index >= 15 is 0 Å². The number of hydrogen-bond donors (Lipinski definition) is 1. The van der Waals surface area contributed by atoms with Gasteiger partial charge in [-0.3, -0.25) is 0 Å². The standard InChI is InChI=1S/C15H19F2NO3S/c1-10(2)9-21-5-4-18-14-3-6-22(19,20)15-8-13(17)12(16)7-11(14)15/h7-8,14,18H,1,3-6,9H2,2H3/t14-/m0/s1. The molecule has 1 atom stereocenters. The fourth-order valence-electron chi connectivity index (χ4n) is 2.39. The van der Waals surface area contributed by atoms with Crippen LogP contribution in [0.5, 0.6) is 0 Å². The van der Waals surface area contributed by atoms with Crippen LogP contribution >= 0.6 is 0 Å². The van der Waals surface area contributed by atoms with Gasteiger partial charge >= 0.3 is 0 Å². The molecule has 1 aromatic carbocycles. The molecular formula is C15H19F2NO3S. The summed E-state index contributed by atoms with van der Waals surface area (Å²) in [7, 11) is -3.55. The zero-order chi connectivity index (χ0) is 16.3. The van der Waals surface area contributed by atoms with Gasteiger partial charge < -0.3 is 10.1 Å². The van der Waals surface area contributed by atoms with Crippen molar-refractivity contribution >= 4 is 9.84 Å². The Kier molecular flexibility index (Phi) is 5.31. The van der Waals surface area contributed by atoms with Gasteiger partial charge in [-0.25, -0.2) is 17.2 Å². The molecule has 7 heteroatoms. The topological polar surface area (TPSA) is 55.4 Å². The first-order valence-corrected chi connectivity index (χ1v) is 8.63. The summed E-state index contributed by atoms with van der Waals surface area (Å²) >= 11 is 0. The molecule has 0 bridgehead atoms. The Labute approximate surface area is 129 Å². The van der Waals surface area contributed by atoms with Crippen LogP contribution in [0.1, 0.15) is 24.9 Å². The predicted octanol–water partition coefficient (Wildman–Crippen LogP) is 2.37.